The molecular weight excluding hydrogens is 406 g/mol. The Balaban J connectivity index is -0.000000181. The molecule has 0 aliphatic heterocycles. The standard InChI is InChI=1S/C9H10O2.C8H14N2O.C6H13NO.2CH4/c1-2-9(10)11-8-6-4-3-5-7-8;1-2-8(11)10-7-5-3-4-6-9;1-3-5-7-6(8)4-2;;/h3-7H,2H2,1H3;2-5,7H2,1H3,(H,10,11);3-5H2,1-2H3,(H,7,8);2*1H4. The van der Waals surface area contributed by atoms with Gasteiger partial charge in [0.25, 0.3) is 0 Å². The zero-order valence-corrected chi connectivity index (χ0v) is 18.8. The summed E-state index contributed by atoms with van der Waals surface area (Å²) >= 11 is 0. The van der Waals surface area contributed by atoms with E-state index in [1.807, 2.05) is 39.0 Å². The third-order valence-electron chi connectivity index (χ3n) is 3.52. The maximum atomic E-state index is 10.8. The number of carbonyl (C=O) groups is 3. The molecule has 0 fully saturated rings. The lowest BCUT2D eigenvalue weighted by molar-refractivity contribution is -0.134. The Bertz CT molecular complexity index is 613. The van der Waals surface area contributed by atoms with Crippen LogP contribution in [0.15, 0.2) is 30.3 Å². The van der Waals surface area contributed by atoms with Crippen molar-refractivity contribution in [1.29, 1.82) is 5.26 Å². The van der Waals surface area contributed by atoms with E-state index in [-0.39, 0.29) is 32.6 Å². The fraction of sp³-hybridized carbons (Fsp3) is 0.600. The SMILES string of the molecule is C.C.CCC(=O)NCCCCC#N.CCC(=O)Oc1ccccc1.CCCNC(=O)CC. The highest BCUT2D eigenvalue weighted by Gasteiger charge is 1.98. The molecule has 1 aromatic carbocycles. The van der Waals surface area contributed by atoms with Gasteiger partial charge in [0.05, 0.1) is 6.07 Å². The van der Waals surface area contributed by atoms with Crippen molar-refractivity contribution in [2.24, 2.45) is 0 Å². The molecule has 0 heterocycles. The Morgan fingerprint density at radius 3 is 1.81 bits per heavy atom. The lowest BCUT2D eigenvalue weighted by Gasteiger charge is -2.00. The number of para-hydroxylation sites is 1. The number of amides is 2. The van der Waals surface area contributed by atoms with Crippen LogP contribution >= 0.6 is 0 Å². The molecule has 0 bridgehead atoms. The lowest BCUT2D eigenvalue weighted by atomic mass is 10.2. The highest BCUT2D eigenvalue weighted by molar-refractivity contribution is 5.75. The zero-order valence-electron chi connectivity index (χ0n) is 18.8. The van der Waals surface area contributed by atoms with Crippen LogP contribution in [-0.2, 0) is 14.4 Å². The molecule has 0 radical (unpaired) electrons. The molecule has 0 aliphatic carbocycles. The molecule has 1 aromatic rings. The minimum atomic E-state index is -0.198. The van der Waals surface area contributed by atoms with Crippen LogP contribution in [0.5, 0.6) is 5.75 Å². The fourth-order valence-corrected chi connectivity index (χ4v) is 1.76. The first-order valence-corrected chi connectivity index (χ1v) is 10.6. The number of nitrogens with zero attached hydrogens (tertiary/aromatic N) is 1. The van der Waals surface area contributed by atoms with E-state index in [2.05, 4.69) is 16.7 Å². The van der Waals surface area contributed by atoms with Crippen LogP contribution < -0.4 is 15.4 Å². The first kappa shape index (κ1) is 36.5. The molecule has 32 heavy (non-hydrogen) atoms. The molecule has 0 aliphatic rings. The van der Waals surface area contributed by atoms with Gasteiger partial charge in [-0.15, -0.1) is 0 Å². The van der Waals surface area contributed by atoms with Gasteiger partial charge in [0.15, 0.2) is 0 Å². The molecular formula is C25H45N3O4. The summed E-state index contributed by atoms with van der Waals surface area (Å²) in [5.41, 5.74) is 0. The molecule has 2 amide bonds. The fourth-order valence-electron chi connectivity index (χ4n) is 1.76. The summed E-state index contributed by atoms with van der Waals surface area (Å²) in [4.78, 5) is 31.9. The van der Waals surface area contributed by atoms with E-state index in [4.69, 9.17) is 10.00 Å². The van der Waals surface area contributed by atoms with Crippen molar-refractivity contribution in [2.45, 2.75) is 87.5 Å². The summed E-state index contributed by atoms with van der Waals surface area (Å²) in [6.45, 7) is 9.00. The zero-order chi connectivity index (χ0) is 23.0. The molecule has 0 atom stereocenters. The number of hydrogen-bond acceptors (Lipinski definition) is 5. The van der Waals surface area contributed by atoms with Crippen LogP contribution in [0.1, 0.15) is 87.5 Å². The highest BCUT2D eigenvalue weighted by Crippen LogP contribution is 2.08. The second-order valence-electron chi connectivity index (χ2n) is 6.16. The number of unbranched alkanes of at least 4 members (excludes halogenated alkanes) is 2. The number of rotatable bonds is 10. The van der Waals surface area contributed by atoms with Crippen molar-refractivity contribution in [1.82, 2.24) is 10.6 Å². The molecule has 7 nitrogen and oxygen atoms in total. The average Bonchev–Trinajstić information content (AvgIpc) is 2.78. The molecule has 0 aromatic heterocycles. The third-order valence-corrected chi connectivity index (χ3v) is 3.52. The Hall–Kier alpha value is -2.88. The quantitative estimate of drug-likeness (QED) is 0.281. The normalized spacial score (nSPS) is 8.34. The van der Waals surface area contributed by atoms with E-state index in [0.29, 0.717) is 38.0 Å². The maximum Gasteiger partial charge on any atom is 0.310 e. The Morgan fingerprint density at radius 1 is 0.844 bits per heavy atom. The molecule has 0 saturated carbocycles. The van der Waals surface area contributed by atoms with Gasteiger partial charge >= 0.3 is 5.97 Å². The predicted octanol–water partition coefficient (Wildman–Crippen LogP) is 5.40. The third kappa shape index (κ3) is 27.1. The van der Waals surface area contributed by atoms with Gasteiger partial charge in [-0.05, 0) is 31.4 Å². The molecule has 7 heteroatoms. The summed E-state index contributed by atoms with van der Waals surface area (Å²) < 4.78 is 4.92. The maximum absolute atomic E-state index is 10.8. The molecule has 2 N–H and O–H groups in total. The highest BCUT2D eigenvalue weighted by atomic mass is 16.5. The van der Waals surface area contributed by atoms with Gasteiger partial charge in [-0.2, -0.15) is 5.26 Å². The summed E-state index contributed by atoms with van der Waals surface area (Å²) in [6, 6.07) is 11.1. The number of benzene rings is 1. The van der Waals surface area contributed by atoms with E-state index in [1.54, 1.807) is 19.1 Å². The summed E-state index contributed by atoms with van der Waals surface area (Å²) in [5, 5.41) is 13.7. The van der Waals surface area contributed by atoms with Crippen LogP contribution in [-0.4, -0.2) is 30.9 Å². The topological polar surface area (TPSA) is 108 Å². The molecule has 1 rings (SSSR count). The lowest BCUT2D eigenvalue weighted by Crippen LogP contribution is -2.22. The van der Waals surface area contributed by atoms with Crippen LogP contribution in [0.2, 0.25) is 0 Å². The number of nitrogens with one attached hydrogen (secondary N) is 2. The predicted molar refractivity (Wildman–Crippen MR) is 132 cm³/mol. The second-order valence-corrected chi connectivity index (χ2v) is 6.16. The number of nitriles is 1. The van der Waals surface area contributed by atoms with Crippen molar-refractivity contribution < 1.29 is 19.1 Å². The van der Waals surface area contributed by atoms with E-state index in [1.165, 1.54) is 0 Å². The van der Waals surface area contributed by atoms with Crippen LogP contribution in [0.25, 0.3) is 0 Å². The van der Waals surface area contributed by atoms with Crippen molar-refractivity contribution >= 4 is 17.8 Å². The molecule has 0 unspecified atom stereocenters. The summed E-state index contributed by atoms with van der Waals surface area (Å²) in [7, 11) is 0. The monoisotopic (exact) mass is 451 g/mol. The molecule has 0 spiro atoms. The van der Waals surface area contributed by atoms with Gasteiger partial charge in [-0.25, -0.2) is 0 Å². The Kier molecular flexibility index (Phi) is 32.1. The van der Waals surface area contributed by atoms with Gasteiger partial charge in [-0.1, -0.05) is 60.7 Å². The van der Waals surface area contributed by atoms with E-state index >= 15 is 0 Å². The van der Waals surface area contributed by atoms with Crippen molar-refractivity contribution in [3.63, 3.8) is 0 Å². The number of hydrogen-bond donors (Lipinski definition) is 2. The minimum Gasteiger partial charge on any atom is -0.427 e. The Morgan fingerprint density at radius 2 is 1.38 bits per heavy atom. The summed E-state index contributed by atoms with van der Waals surface area (Å²) in [5.74, 6) is 0.643. The van der Waals surface area contributed by atoms with E-state index in [9.17, 15) is 14.4 Å². The number of ether oxygens (including phenoxy) is 1. The van der Waals surface area contributed by atoms with Crippen LogP contribution in [0.3, 0.4) is 0 Å². The summed E-state index contributed by atoms with van der Waals surface area (Å²) in [6.07, 6.45) is 4.93. The number of carbonyl (C=O) groups excluding carboxylic acids is 3. The first-order valence-electron chi connectivity index (χ1n) is 10.6. The van der Waals surface area contributed by atoms with Crippen LogP contribution in [0.4, 0.5) is 0 Å². The van der Waals surface area contributed by atoms with Crippen molar-refractivity contribution in [3.05, 3.63) is 30.3 Å². The van der Waals surface area contributed by atoms with Crippen LogP contribution in [0, 0.1) is 11.3 Å². The largest absolute Gasteiger partial charge is 0.427 e. The van der Waals surface area contributed by atoms with Gasteiger partial charge in [0, 0.05) is 38.8 Å². The minimum absolute atomic E-state index is 0. The van der Waals surface area contributed by atoms with E-state index < -0.39 is 0 Å². The van der Waals surface area contributed by atoms with Gasteiger partial charge in [0.1, 0.15) is 5.75 Å². The number of esters is 1. The Labute approximate surface area is 195 Å². The smallest absolute Gasteiger partial charge is 0.310 e. The molecule has 184 valence electrons. The van der Waals surface area contributed by atoms with Gasteiger partial charge in [0.2, 0.25) is 11.8 Å². The average molecular weight is 452 g/mol. The van der Waals surface area contributed by atoms with Gasteiger partial charge in [-0.3, -0.25) is 14.4 Å². The van der Waals surface area contributed by atoms with E-state index in [0.717, 1.165) is 25.8 Å². The van der Waals surface area contributed by atoms with Gasteiger partial charge < -0.3 is 15.4 Å². The first-order chi connectivity index (χ1) is 14.4. The molecule has 0 saturated heterocycles. The second kappa shape index (κ2) is 28.1. The van der Waals surface area contributed by atoms with Crippen molar-refractivity contribution in [2.75, 3.05) is 13.1 Å². The van der Waals surface area contributed by atoms with Crippen molar-refractivity contribution in [3.8, 4) is 11.8 Å².